The monoisotopic (exact) mass is 350 g/mol. The first kappa shape index (κ1) is 17.8. The first-order valence-corrected chi connectivity index (χ1v) is 8.57. The lowest BCUT2D eigenvalue weighted by atomic mass is 10.1. The molecule has 0 amide bonds. The Morgan fingerprint density at radius 3 is 2.54 bits per heavy atom. The van der Waals surface area contributed by atoms with E-state index in [1.54, 1.807) is 16.8 Å². The summed E-state index contributed by atoms with van der Waals surface area (Å²) in [7, 11) is 1.88. The Kier molecular flexibility index (Phi) is 5.43. The second-order valence-corrected chi connectivity index (χ2v) is 6.33. The van der Waals surface area contributed by atoms with Gasteiger partial charge in [0.1, 0.15) is 0 Å². The lowest BCUT2D eigenvalue weighted by Gasteiger charge is -2.07. The van der Waals surface area contributed by atoms with Crippen molar-refractivity contribution in [1.82, 2.24) is 15.1 Å². The fraction of sp³-hybridized carbons (Fsp3) is 0.250. The van der Waals surface area contributed by atoms with Crippen LogP contribution in [-0.4, -0.2) is 21.2 Å². The molecule has 0 aliphatic rings. The molecule has 0 aliphatic heterocycles. The number of non-ortho nitro benzene ring substituents is 1. The molecule has 0 bridgehead atoms. The van der Waals surface area contributed by atoms with Crippen molar-refractivity contribution in [2.24, 2.45) is 7.05 Å². The molecule has 6 heteroatoms. The Hall–Kier alpha value is -2.99. The zero-order chi connectivity index (χ0) is 18.5. The molecular weight excluding hydrogens is 328 g/mol. The molecule has 0 saturated carbocycles. The summed E-state index contributed by atoms with van der Waals surface area (Å²) >= 11 is 0. The number of nitro benzene ring substituents is 1. The van der Waals surface area contributed by atoms with Crippen LogP contribution >= 0.6 is 0 Å². The van der Waals surface area contributed by atoms with Crippen molar-refractivity contribution in [1.29, 1.82) is 0 Å². The Labute approximate surface area is 152 Å². The van der Waals surface area contributed by atoms with Gasteiger partial charge in [0.15, 0.2) is 0 Å². The molecule has 1 heterocycles. The molecule has 0 radical (unpaired) electrons. The average Bonchev–Trinajstić information content (AvgIpc) is 3.01. The van der Waals surface area contributed by atoms with E-state index in [1.807, 2.05) is 13.2 Å². The summed E-state index contributed by atoms with van der Waals surface area (Å²) in [4.78, 5) is 10.4. The third-order valence-corrected chi connectivity index (χ3v) is 4.40. The van der Waals surface area contributed by atoms with E-state index in [9.17, 15) is 10.1 Å². The lowest BCUT2D eigenvalue weighted by molar-refractivity contribution is -0.384. The van der Waals surface area contributed by atoms with Crippen LogP contribution in [-0.2, 0) is 20.0 Å². The van der Waals surface area contributed by atoms with Gasteiger partial charge in [-0.1, -0.05) is 24.3 Å². The van der Waals surface area contributed by atoms with Crippen LogP contribution in [0.4, 0.5) is 5.69 Å². The van der Waals surface area contributed by atoms with E-state index >= 15 is 0 Å². The summed E-state index contributed by atoms with van der Waals surface area (Å²) in [6.07, 6.45) is 2.96. The van der Waals surface area contributed by atoms with E-state index in [-0.39, 0.29) is 5.69 Å². The molecule has 26 heavy (non-hydrogen) atoms. The summed E-state index contributed by atoms with van der Waals surface area (Å²) in [5.74, 6) is 0. The van der Waals surface area contributed by atoms with E-state index in [0.717, 1.165) is 29.8 Å². The van der Waals surface area contributed by atoms with Crippen LogP contribution in [0.15, 0.2) is 54.7 Å². The maximum Gasteiger partial charge on any atom is 0.269 e. The van der Waals surface area contributed by atoms with E-state index in [0.29, 0.717) is 6.54 Å². The van der Waals surface area contributed by atoms with Gasteiger partial charge in [0.05, 0.1) is 10.6 Å². The van der Waals surface area contributed by atoms with Crippen LogP contribution < -0.4 is 5.32 Å². The molecule has 0 aliphatic carbocycles. The highest BCUT2D eigenvalue weighted by Gasteiger charge is 2.12. The molecule has 0 fully saturated rings. The smallest absolute Gasteiger partial charge is 0.269 e. The summed E-state index contributed by atoms with van der Waals surface area (Å²) in [6.45, 7) is 3.70. The summed E-state index contributed by atoms with van der Waals surface area (Å²) < 4.78 is 1.77. The van der Waals surface area contributed by atoms with Crippen molar-refractivity contribution < 1.29 is 4.92 Å². The van der Waals surface area contributed by atoms with Gasteiger partial charge < -0.3 is 5.32 Å². The Morgan fingerprint density at radius 2 is 1.85 bits per heavy atom. The van der Waals surface area contributed by atoms with Gasteiger partial charge in [0, 0.05) is 43.0 Å². The van der Waals surface area contributed by atoms with E-state index in [4.69, 9.17) is 0 Å². The maximum absolute atomic E-state index is 10.8. The van der Waals surface area contributed by atoms with Crippen molar-refractivity contribution in [3.8, 4) is 11.3 Å². The van der Waals surface area contributed by atoms with Crippen molar-refractivity contribution in [3.63, 3.8) is 0 Å². The fourth-order valence-electron chi connectivity index (χ4n) is 2.99. The van der Waals surface area contributed by atoms with Gasteiger partial charge in [0.2, 0.25) is 0 Å². The highest BCUT2D eigenvalue weighted by Crippen LogP contribution is 2.24. The van der Waals surface area contributed by atoms with Crippen LogP contribution in [0.2, 0.25) is 0 Å². The topological polar surface area (TPSA) is 73.0 Å². The van der Waals surface area contributed by atoms with Crippen molar-refractivity contribution >= 4 is 5.69 Å². The van der Waals surface area contributed by atoms with Gasteiger partial charge in [-0.15, -0.1) is 0 Å². The summed E-state index contributed by atoms with van der Waals surface area (Å²) in [6, 6.07) is 14.9. The molecule has 1 N–H and O–H groups in total. The Morgan fingerprint density at radius 1 is 1.12 bits per heavy atom. The standard InChI is InChI=1S/C20H22N4O2/c1-15-5-3-4-6-16(15)11-12-21-13-18-14-23(2)22-20(18)17-7-9-19(10-8-17)24(25)26/h3-10,14,21H,11-13H2,1-2H3. The molecule has 134 valence electrons. The number of rotatable bonds is 7. The van der Waals surface area contributed by atoms with Crippen LogP contribution in [0.5, 0.6) is 0 Å². The largest absolute Gasteiger partial charge is 0.312 e. The zero-order valence-electron chi connectivity index (χ0n) is 15.0. The van der Waals surface area contributed by atoms with Crippen molar-refractivity contribution in [2.75, 3.05) is 6.54 Å². The fourth-order valence-corrected chi connectivity index (χ4v) is 2.99. The number of nitro groups is 1. The molecule has 3 aromatic rings. The predicted octanol–water partition coefficient (Wildman–Crippen LogP) is 3.64. The molecule has 0 saturated heterocycles. The average molecular weight is 350 g/mol. The van der Waals surface area contributed by atoms with Gasteiger partial charge in [-0.3, -0.25) is 14.8 Å². The minimum Gasteiger partial charge on any atom is -0.312 e. The number of benzene rings is 2. The summed E-state index contributed by atoms with van der Waals surface area (Å²) in [5.41, 5.74) is 5.55. The van der Waals surface area contributed by atoms with E-state index in [1.165, 1.54) is 23.3 Å². The van der Waals surface area contributed by atoms with Gasteiger partial charge in [-0.05, 0) is 43.1 Å². The molecule has 3 rings (SSSR count). The first-order chi connectivity index (χ1) is 12.5. The third kappa shape index (κ3) is 4.15. The normalized spacial score (nSPS) is 10.8. The number of hydrogen-bond acceptors (Lipinski definition) is 4. The summed E-state index contributed by atoms with van der Waals surface area (Å²) in [5, 5.41) is 18.8. The minimum atomic E-state index is -0.393. The van der Waals surface area contributed by atoms with Gasteiger partial charge in [-0.25, -0.2) is 0 Å². The number of nitrogens with one attached hydrogen (secondary N) is 1. The van der Waals surface area contributed by atoms with Crippen LogP contribution in [0.25, 0.3) is 11.3 Å². The molecule has 0 unspecified atom stereocenters. The minimum absolute atomic E-state index is 0.0857. The maximum atomic E-state index is 10.8. The SMILES string of the molecule is Cc1ccccc1CCNCc1cn(C)nc1-c1ccc([N+](=O)[O-])cc1. The quantitative estimate of drug-likeness (QED) is 0.401. The molecular formula is C20H22N4O2. The highest BCUT2D eigenvalue weighted by atomic mass is 16.6. The van der Waals surface area contributed by atoms with E-state index < -0.39 is 4.92 Å². The van der Waals surface area contributed by atoms with Crippen LogP contribution in [0.1, 0.15) is 16.7 Å². The number of hydrogen-bond donors (Lipinski definition) is 1. The second kappa shape index (κ2) is 7.93. The number of aromatic nitrogens is 2. The number of aryl methyl sites for hydroxylation is 2. The van der Waals surface area contributed by atoms with Crippen LogP contribution in [0, 0.1) is 17.0 Å². The lowest BCUT2D eigenvalue weighted by Crippen LogP contribution is -2.17. The second-order valence-electron chi connectivity index (χ2n) is 6.33. The molecule has 0 spiro atoms. The van der Waals surface area contributed by atoms with Gasteiger partial charge >= 0.3 is 0 Å². The van der Waals surface area contributed by atoms with Crippen molar-refractivity contribution in [2.45, 2.75) is 19.9 Å². The molecule has 1 aromatic heterocycles. The Bertz CT molecular complexity index is 900. The predicted molar refractivity (Wildman–Crippen MR) is 102 cm³/mol. The van der Waals surface area contributed by atoms with E-state index in [2.05, 4.69) is 41.6 Å². The Balaban J connectivity index is 1.65. The molecule has 0 atom stereocenters. The van der Waals surface area contributed by atoms with Crippen molar-refractivity contribution in [3.05, 3.63) is 81.5 Å². The zero-order valence-corrected chi connectivity index (χ0v) is 15.0. The first-order valence-electron chi connectivity index (χ1n) is 8.57. The molecule has 6 nitrogen and oxygen atoms in total. The molecule has 2 aromatic carbocycles. The highest BCUT2D eigenvalue weighted by molar-refractivity contribution is 5.64. The van der Waals surface area contributed by atoms with Gasteiger partial charge in [-0.2, -0.15) is 5.10 Å². The van der Waals surface area contributed by atoms with Gasteiger partial charge in [0.25, 0.3) is 5.69 Å². The third-order valence-electron chi connectivity index (χ3n) is 4.40. The number of nitrogens with zero attached hydrogens (tertiary/aromatic N) is 3. The van der Waals surface area contributed by atoms with Crippen LogP contribution in [0.3, 0.4) is 0 Å².